The van der Waals surface area contributed by atoms with Crippen molar-refractivity contribution in [2.24, 2.45) is 0 Å². The molecule has 0 unspecified atom stereocenters. The Balaban J connectivity index is 2.11. The van der Waals surface area contributed by atoms with Gasteiger partial charge in [-0.3, -0.25) is 0 Å². The number of sulfone groups is 1. The lowest BCUT2D eigenvalue weighted by atomic mass is 10.0. The van der Waals surface area contributed by atoms with Gasteiger partial charge in [0.05, 0.1) is 23.2 Å². The Bertz CT molecular complexity index is 1430. The molecule has 3 aromatic rings. The SMILES string of the molecule is Cc1c([C@@H](CCCO[N+](=O)[O-])NC(=O)OC(C)(C)C)cc(-c2ccc(S(C)(=O)=O)cc2)n1-c1ccc(F)cc1. The molecule has 0 saturated heterocycles. The van der Waals surface area contributed by atoms with Crippen LogP contribution in [0, 0.1) is 22.9 Å². The lowest BCUT2D eigenvalue weighted by Gasteiger charge is -2.24. The molecule has 0 spiro atoms. The van der Waals surface area contributed by atoms with Crippen molar-refractivity contribution in [2.45, 2.75) is 57.1 Å². The average Bonchev–Trinajstić information content (AvgIpc) is 3.16. The van der Waals surface area contributed by atoms with E-state index in [1.54, 1.807) is 45.0 Å². The highest BCUT2D eigenvalue weighted by Crippen LogP contribution is 2.34. The standard InChI is InChI=1S/C27H32FN3O7S/c1-18-23(24(7-6-16-37-31(33)34)29-26(32)38-27(2,3)4)17-25(30(18)21-12-10-20(28)11-13-21)19-8-14-22(15-9-19)39(5,35)36/h8-15,17,24H,6-7,16H2,1-5H3,(H,29,32)/t24-/m1/s1. The molecule has 0 fully saturated rings. The van der Waals surface area contributed by atoms with Gasteiger partial charge < -0.3 is 19.5 Å². The number of nitrogens with one attached hydrogen (secondary N) is 1. The van der Waals surface area contributed by atoms with Crippen LogP contribution in [-0.4, -0.2) is 42.6 Å². The quantitative estimate of drug-likeness (QED) is 0.195. The van der Waals surface area contributed by atoms with E-state index < -0.39 is 38.5 Å². The van der Waals surface area contributed by atoms with Crippen LogP contribution in [0.1, 0.15) is 50.9 Å². The molecule has 0 radical (unpaired) electrons. The maximum absolute atomic E-state index is 13.7. The number of nitrogens with zero attached hydrogens (tertiary/aromatic N) is 2. The molecule has 0 aliphatic heterocycles. The molecule has 0 aliphatic rings. The van der Waals surface area contributed by atoms with Crippen LogP contribution in [0.3, 0.4) is 0 Å². The molecule has 10 nitrogen and oxygen atoms in total. The second-order valence-corrected chi connectivity index (χ2v) is 12.1. The molecular formula is C27H32FN3O7S. The number of hydrogen-bond donors (Lipinski definition) is 1. The van der Waals surface area contributed by atoms with Crippen LogP contribution in [0.2, 0.25) is 0 Å². The summed E-state index contributed by atoms with van der Waals surface area (Å²) in [6.07, 6.45) is 1.03. The van der Waals surface area contributed by atoms with E-state index in [0.29, 0.717) is 28.9 Å². The van der Waals surface area contributed by atoms with Gasteiger partial charge >= 0.3 is 6.09 Å². The molecule has 1 amide bonds. The summed E-state index contributed by atoms with van der Waals surface area (Å²) in [6, 6.07) is 13.5. The van der Waals surface area contributed by atoms with Crippen LogP contribution < -0.4 is 5.32 Å². The zero-order valence-electron chi connectivity index (χ0n) is 22.4. The molecule has 1 atom stereocenters. The first kappa shape index (κ1) is 29.6. The molecule has 39 heavy (non-hydrogen) atoms. The van der Waals surface area contributed by atoms with E-state index in [1.807, 2.05) is 17.6 Å². The first-order valence-electron chi connectivity index (χ1n) is 12.2. The van der Waals surface area contributed by atoms with E-state index in [-0.39, 0.29) is 17.9 Å². The molecule has 0 saturated carbocycles. The van der Waals surface area contributed by atoms with Crippen molar-refractivity contribution in [2.75, 3.05) is 12.9 Å². The van der Waals surface area contributed by atoms with E-state index in [9.17, 15) is 27.7 Å². The molecular weight excluding hydrogens is 529 g/mol. The van der Waals surface area contributed by atoms with E-state index in [4.69, 9.17) is 4.74 Å². The molecule has 1 heterocycles. The second kappa shape index (κ2) is 11.9. The van der Waals surface area contributed by atoms with Crippen LogP contribution >= 0.6 is 0 Å². The van der Waals surface area contributed by atoms with Gasteiger partial charge in [0.2, 0.25) is 0 Å². The monoisotopic (exact) mass is 561 g/mol. The molecule has 12 heteroatoms. The minimum atomic E-state index is -3.40. The predicted molar refractivity (Wildman–Crippen MR) is 143 cm³/mol. The smallest absolute Gasteiger partial charge is 0.408 e. The Morgan fingerprint density at radius 3 is 2.28 bits per heavy atom. The minimum absolute atomic E-state index is 0.156. The Morgan fingerprint density at radius 2 is 1.74 bits per heavy atom. The van der Waals surface area contributed by atoms with Crippen LogP contribution in [0.4, 0.5) is 9.18 Å². The molecule has 0 bridgehead atoms. The molecule has 1 aromatic heterocycles. The number of carbonyl (C=O) groups excluding carboxylic acids is 1. The maximum Gasteiger partial charge on any atom is 0.408 e. The summed E-state index contributed by atoms with van der Waals surface area (Å²) in [5.74, 6) is -0.405. The van der Waals surface area contributed by atoms with Gasteiger partial charge in [0.1, 0.15) is 11.4 Å². The van der Waals surface area contributed by atoms with Crippen LogP contribution in [-0.2, 0) is 19.4 Å². The van der Waals surface area contributed by atoms with Crippen molar-refractivity contribution >= 4 is 15.9 Å². The normalized spacial score (nSPS) is 12.6. The predicted octanol–water partition coefficient (Wildman–Crippen LogP) is 5.55. The van der Waals surface area contributed by atoms with Gasteiger partial charge in [-0.15, -0.1) is 10.1 Å². The Morgan fingerprint density at radius 1 is 1.13 bits per heavy atom. The van der Waals surface area contributed by atoms with Gasteiger partial charge in [-0.05, 0) is 94.1 Å². The summed E-state index contributed by atoms with van der Waals surface area (Å²) in [5, 5.41) is 12.6. The highest BCUT2D eigenvalue weighted by molar-refractivity contribution is 7.90. The van der Waals surface area contributed by atoms with Crippen molar-refractivity contribution < 1.29 is 32.3 Å². The summed E-state index contributed by atoms with van der Waals surface area (Å²) in [7, 11) is -3.40. The molecule has 210 valence electrons. The summed E-state index contributed by atoms with van der Waals surface area (Å²) < 4.78 is 45.0. The van der Waals surface area contributed by atoms with Gasteiger partial charge in [-0.1, -0.05) is 12.1 Å². The van der Waals surface area contributed by atoms with Gasteiger partial charge in [-0.2, -0.15) is 0 Å². The number of benzene rings is 2. The van der Waals surface area contributed by atoms with Crippen molar-refractivity contribution in [3.8, 4) is 16.9 Å². The first-order valence-corrected chi connectivity index (χ1v) is 14.1. The zero-order valence-corrected chi connectivity index (χ0v) is 23.2. The van der Waals surface area contributed by atoms with Gasteiger partial charge in [-0.25, -0.2) is 17.6 Å². The largest absolute Gasteiger partial charge is 0.444 e. The number of ether oxygens (including phenoxy) is 1. The first-order chi connectivity index (χ1) is 18.2. The number of alkyl carbamates (subject to hydrolysis) is 1. The maximum atomic E-state index is 13.7. The molecule has 3 rings (SSSR count). The van der Waals surface area contributed by atoms with E-state index in [0.717, 1.165) is 11.9 Å². The van der Waals surface area contributed by atoms with Crippen molar-refractivity contribution in [3.63, 3.8) is 0 Å². The summed E-state index contributed by atoms with van der Waals surface area (Å²) in [5.41, 5.74) is 2.69. The third-order valence-electron chi connectivity index (χ3n) is 5.85. The van der Waals surface area contributed by atoms with Crippen molar-refractivity contribution in [1.82, 2.24) is 9.88 Å². The van der Waals surface area contributed by atoms with Crippen LogP contribution in [0.25, 0.3) is 16.9 Å². The Labute approximate surface area is 226 Å². The Kier molecular flexibility index (Phi) is 9.00. The number of rotatable bonds is 10. The zero-order chi connectivity index (χ0) is 29.0. The minimum Gasteiger partial charge on any atom is -0.444 e. The number of halogens is 1. The Hall–Kier alpha value is -3.93. The topological polar surface area (TPSA) is 130 Å². The molecule has 1 N–H and O–H groups in total. The van der Waals surface area contributed by atoms with Gasteiger partial charge in [0.15, 0.2) is 9.84 Å². The van der Waals surface area contributed by atoms with E-state index >= 15 is 0 Å². The van der Waals surface area contributed by atoms with Crippen LogP contribution in [0.15, 0.2) is 59.5 Å². The van der Waals surface area contributed by atoms with E-state index in [2.05, 4.69) is 10.2 Å². The fourth-order valence-corrected chi connectivity index (χ4v) is 4.80. The number of hydrogen-bond acceptors (Lipinski definition) is 7. The lowest BCUT2D eigenvalue weighted by Crippen LogP contribution is -2.35. The molecule has 0 aliphatic carbocycles. The third kappa shape index (κ3) is 8.03. The van der Waals surface area contributed by atoms with E-state index in [1.165, 1.54) is 24.3 Å². The number of aromatic nitrogens is 1. The number of carbonyl (C=O) groups is 1. The second-order valence-electron chi connectivity index (χ2n) is 10.1. The van der Waals surface area contributed by atoms with Crippen molar-refractivity contribution in [3.05, 3.63) is 81.8 Å². The van der Waals surface area contributed by atoms with Gasteiger partial charge in [0.25, 0.3) is 5.09 Å². The summed E-state index contributed by atoms with van der Waals surface area (Å²) in [4.78, 5) is 27.9. The van der Waals surface area contributed by atoms with Crippen molar-refractivity contribution in [1.29, 1.82) is 0 Å². The summed E-state index contributed by atoms with van der Waals surface area (Å²) in [6.45, 7) is 6.89. The fraction of sp³-hybridized carbons (Fsp3) is 0.370. The van der Waals surface area contributed by atoms with Crippen LogP contribution in [0.5, 0.6) is 0 Å². The molecule has 2 aromatic carbocycles. The highest BCUT2D eigenvalue weighted by Gasteiger charge is 2.25. The number of amides is 1. The van der Waals surface area contributed by atoms with Gasteiger partial charge in [0, 0.05) is 17.6 Å². The summed E-state index contributed by atoms with van der Waals surface area (Å²) >= 11 is 0. The average molecular weight is 562 g/mol. The third-order valence-corrected chi connectivity index (χ3v) is 6.98. The highest BCUT2D eigenvalue weighted by atomic mass is 32.2. The fourth-order valence-electron chi connectivity index (χ4n) is 4.17. The lowest BCUT2D eigenvalue weighted by molar-refractivity contribution is -0.757.